The molecule has 2 aliphatic rings. The van der Waals surface area contributed by atoms with E-state index in [0.29, 0.717) is 53.4 Å². The molecule has 0 radical (unpaired) electrons. The number of aromatic nitrogens is 2. The number of nitrogens with zero attached hydrogens (tertiary/aromatic N) is 2. The van der Waals surface area contributed by atoms with Gasteiger partial charge in [-0.2, -0.15) is 18.2 Å². The third kappa shape index (κ3) is 5.95. The van der Waals surface area contributed by atoms with Gasteiger partial charge in [0.25, 0.3) is 0 Å². The Morgan fingerprint density at radius 3 is 2.48 bits per heavy atom. The van der Waals surface area contributed by atoms with Crippen molar-refractivity contribution in [3.8, 4) is 11.1 Å². The number of carbonyl (C=O) groups excluding carboxylic acids is 1. The molecule has 1 aliphatic heterocycles. The van der Waals surface area contributed by atoms with Crippen molar-refractivity contribution < 1.29 is 30.8 Å². The molecule has 1 fully saturated rings. The summed E-state index contributed by atoms with van der Waals surface area (Å²) in [6, 6.07) is 15.1. The average molecular weight is 627 g/mol. The fourth-order valence-electron chi connectivity index (χ4n) is 5.04. The number of benzene rings is 3. The number of amides is 1. The summed E-state index contributed by atoms with van der Waals surface area (Å²) in [4.78, 5) is 22.3. The largest absolute Gasteiger partial charge is 0.416 e. The van der Waals surface area contributed by atoms with E-state index < -0.39 is 38.9 Å². The lowest BCUT2D eigenvalue weighted by atomic mass is 9.92. The summed E-state index contributed by atoms with van der Waals surface area (Å²) in [6.45, 7) is 0.617. The van der Waals surface area contributed by atoms with Gasteiger partial charge in [0, 0.05) is 41.8 Å². The summed E-state index contributed by atoms with van der Waals surface area (Å²) >= 11 is 0. The van der Waals surface area contributed by atoms with Crippen molar-refractivity contribution >= 4 is 39.1 Å². The molecule has 4 bridgehead atoms. The van der Waals surface area contributed by atoms with Gasteiger partial charge in [-0.1, -0.05) is 18.2 Å². The lowest BCUT2D eigenvalue weighted by Gasteiger charge is -2.18. The molecule has 0 spiro atoms. The van der Waals surface area contributed by atoms with Gasteiger partial charge in [0.15, 0.2) is 0 Å². The van der Waals surface area contributed by atoms with Crippen molar-refractivity contribution in [1.29, 1.82) is 0 Å². The molecule has 1 aliphatic carbocycles. The summed E-state index contributed by atoms with van der Waals surface area (Å²) in [5.41, 5.74) is -0.421. The number of alkyl halides is 3. The molecule has 44 heavy (non-hydrogen) atoms. The maximum absolute atomic E-state index is 14.6. The van der Waals surface area contributed by atoms with Crippen LogP contribution in [-0.4, -0.2) is 37.4 Å². The van der Waals surface area contributed by atoms with E-state index in [2.05, 4.69) is 30.6 Å². The third-order valence-corrected chi connectivity index (χ3v) is 9.03. The Morgan fingerprint density at radius 1 is 0.977 bits per heavy atom. The van der Waals surface area contributed by atoms with Crippen LogP contribution in [0, 0.1) is 5.82 Å². The van der Waals surface area contributed by atoms with E-state index in [1.54, 1.807) is 42.6 Å². The Balaban J connectivity index is 1.22. The van der Waals surface area contributed by atoms with Crippen molar-refractivity contribution in [2.45, 2.75) is 35.7 Å². The average Bonchev–Trinajstić information content (AvgIpc) is 3.79. The summed E-state index contributed by atoms with van der Waals surface area (Å²) in [5, 5.41) is 8.97. The van der Waals surface area contributed by atoms with Gasteiger partial charge < -0.3 is 16.0 Å². The maximum Gasteiger partial charge on any atom is 0.416 e. The zero-order chi connectivity index (χ0) is 31.1. The minimum Gasteiger partial charge on any atom is -0.369 e. The first kappa shape index (κ1) is 29.5. The molecule has 2 heterocycles. The van der Waals surface area contributed by atoms with E-state index in [-0.39, 0.29) is 35.8 Å². The Hall–Kier alpha value is -4.56. The maximum atomic E-state index is 14.6. The number of hydrogen-bond acceptors (Lipinski definition) is 7. The molecule has 14 heteroatoms. The second-order valence-corrected chi connectivity index (χ2v) is 12.4. The molecule has 0 saturated heterocycles. The number of sulfonamides is 1. The van der Waals surface area contributed by atoms with Crippen molar-refractivity contribution in [1.82, 2.24) is 14.7 Å². The predicted octanol–water partition coefficient (Wildman–Crippen LogP) is 5.81. The van der Waals surface area contributed by atoms with E-state index in [9.17, 15) is 30.8 Å². The monoisotopic (exact) mass is 626 g/mol. The first-order chi connectivity index (χ1) is 20.9. The highest BCUT2D eigenvalue weighted by Crippen LogP contribution is 2.51. The van der Waals surface area contributed by atoms with E-state index in [1.807, 2.05) is 0 Å². The zero-order valence-corrected chi connectivity index (χ0v) is 23.8. The minimum atomic E-state index is -4.66. The van der Waals surface area contributed by atoms with E-state index in [4.69, 9.17) is 0 Å². The standard InChI is InChI=1S/C30H26F4N6O3S/c31-25-10-7-19(30(32,33)34)15-24(25)29(11-12-29)27(41)38-20-8-5-18(6-9-20)23-17-36-28-39-21-3-1-4-22(16-21)44(42,43)37-14-2-13-35-26(23)40-28/h1,3-10,15-17,37H,2,11-14H2,(H,38,41)(H2,35,36,39,40). The first-order valence-electron chi connectivity index (χ1n) is 13.7. The normalized spacial score (nSPS) is 17.1. The van der Waals surface area contributed by atoms with Gasteiger partial charge in [0.1, 0.15) is 11.6 Å². The summed E-state index contributed by atoms with van der Waals surface area (Å²) in [5.74, 6) is -0.694. The molecular formula is C30H26F4N6O3S. The van der Waals surface area contributed by atoms with Gasteiger partial charge in [-0.15, -0.1) is 0 Å². The third-order valence-electron chi connectivity index (χ3n) is 7.57. The highest BCUT2D eigenvalue weighted by atomic mass is 32.2. The number of anilines is 4. The van der Waals surface area contributed by atoms with Gasteiger partial charge in [0.2, 0.25) is 21.9 Å². The minimum absolute atomic E-state index is 0.117. The van der Waals surface area contributed by atoms with Crippen LogP contribution in [-0.2, 0) is 26.4 Å². The number of fused-ring (bicyclic) bond motifs is 4. The Labute approximate surface area is 250 Å². The van der Waals surface area contributed by atoms with Gasteiger partial charge in [-0.05, 0) is 73.4 Å². The number of nitrogens with one attached hydrogen (secondary N) is 4. The number of hydrogen-bond donors (Lipinski definition) is 4. The Bertz CT molecular complexity index is 1840. The van der Waals surface area contributed by atoms with Crippen LogP contribution in [0.15, 0.2) is 77.8 Å². The molecule has 228 valence electrons. The van der Waals surface area contributed by atoms with Gasteiger partial charge >= 0.3 is 6.18 Å². The van der Waals surface area contributed by atoms with Crippen molar-refractivity contribution in [3.63, 3.8) is 0 Å². The topological polar surface area (TPSA) is 125 Å². The molecule has 0 atom stereocenters. The summed E-state index contributed by atoms with van der Waals surface area (Å²) in [7, 11) is -3.68. The van der Waals surface area contributed by atoms with Crippen molar-refractivity contribution in [2.75, 3.05) is 29.0 Å². The van der Waals surface area contributed by atoms with Crippen LogP contribution in [0.3, 0.4) is 0 Å². The van der Waals surface area contributed by atoms with Gasteiger partial charge in [-0.25, -0.2) is 22.5 Å². The second-order valence-electron chi connectivity index (χ2n) is 10.6. The van der Waals surface area contributed by atoms with E-state index in [1.165, 1.54) is 12.1 Å². The molecule has 1 saturated carbocycles. The SMILES string of the molecule is O=C(Nc1ccc(-c2cnc3nc2NCCCNS(=O)(=O)c2cccc(c2)N3)cc1)C1(c2cc(C(F)(F)F)ccc2F)CC1. The molecule has 6 rings (SSSR count). The van der Waals surface area contributed by atoms with Crippen molar-refractivity contribution in [3.05, 3.63) is 89.9 Å². The van der Waals surface area contributed by atoms with Crippen LogP contribution in [0.4, 0.5) is 40.7 Å². The quantitative estimate of drug-likeness (QED) is 0.211. The molecule has 3 aromatic carbocycles. The first-order valence-corrected chi connectivity index (χ1v) is 15.2. The molecule has 1 aromatic heterocycles. The highest BCUT2D eigenvalue weighted by molar-refractivity contribution is 7.89. The predicted molar refractivity (Wildman–Crippen MR) is 156 cm³/mol. The fourth-order valence-corrected chi connectivity index (χ4v) is 6.16. The lowest BCUT2D eigenvalue weighted by molar-refractivity contribution is -0.137. The van der Waals surface area contributed by atoms with Crippen LogP contribution >= 0.6 is 0 Å². The molecule has 0 unspecified atom stereocenters. The molecule has 9 nitrogen and oxygen atoms in total. The number of halogens is 4. The lowest BCUT2D eigenvalue weighted by Crippen LogP contribution is -2.29. The number of carbonyl (C=O) groups is 1. The smallest absolute Gasteiger partial charge is 0.369 e. The van der Waals surface area contributed by atoms with E-state index in [0.717, 1.165) is 6.07 Å². The van der Waals surface area contributed by atoms with Crippen LogP contribution in [0.25, 0.3) is 11.1 Å². The van der Waals surface area contributed by atoms with E-state index >= 15 is 0 Å². The van der Waals surface area contributed by atoms with Crippen molar-refractivity contribution in [2.24, 2.45) is 0 Å². The van der Waals surface area contributed by atoms with Gasteiger partial charge in [0.05, 0.1) is 15.9 Å². The molecule has 1 amide bonds. The molecule has 4 aromatic rings. The Kier molecular flexibility index (Phi) is 7.49. The van der Waals surface area contributed by atoms with Crippen LogP contribution in [0.1, 0.15) is 30.4 Å². The van der Waals surface area contributed by atoms with Crippen LogP contribution < -0.4 is 20.7 Å². The highest BCUT2D eigenvalue weighted by Gasteiger charge is 2.53. The zero-order valence-electron chi connectivity index (χ0n) is 23.0. The number of rotatable bonds is 4. The molecular weight excluding hydrogens is 600 g/mol. The second kappa shape index (κ2) is 11.2. The summed E-state index contributed by atoms with van der Waals surface area (Å²) in [6.07, 6.45) is -2.11. The van der Waals surface area contributed by atoms with Gasteiger partial charge in [-0.3, -0.25) is 4.79 Å². The molecule has 4 N–H and O–H groups in total. The van der Waals surface area contributed by atoms with Crippen LogP contribution in [0.5, 0.6) is 0 Å². The Morgan fingerprint density at radius 2 is 1.75 bits per heavy atom. The van der Waals surface area contributed by atoms with Crippen LogP contribution in [0.2, 0.25) is 0 Å². The summed E-state index contributed by atoms with van der Waals surface area (Å²) < 4.78 is 82.1. The fraction of sp³-hybridized carbons (Fsp3) is 0.233.